The van der Waals surface area contributed by atoms with Crippen LogP contribution in [0.5, 0.6) is 5.75 Å². The van der Waals surface area contributed by atoms with Crippen molar-refractivity contribution in [2.75, 3.05) is 25.1 Å². The smallest absolute Gasteiger partial charge is 0.159 e. The normalized spacial score (nSPS) is 14.6. The lowest BCUT2D eigenvalue weighted by Gasteiger charge is -2.27. The molecule has 0 fully saturated rings. The third-order valence-electron chi connectivity index (χ3n) is 2.46. The van der Waals surface area contributed by atoms with Crippen molar-refractivity contribution in [3.63, 3.8) is 0 Å². The van der Waals surface area contributed by atoms with Gasteiger partial charge in [-0.3, -0.25) is 4.79 Å². The molecule has 1 aliphatic heterocycles. The van der Waals surface area contributed by atoms with Crippen LogP contribution in [-0.2, 0) is 0 Å². The molecule has 0 spiro atoms. The van der Waals surface area contributed by atoms with Gasteiger partial charge in [-0.05, 0) is 25.1 Å². The zero-order valence-electron chi connectivity index (χ0n) is 8.41. The number of likely N-dealkylation sites (N-methyl/N-ethyl adjacent to an activating group) is 1. The number of nitrogens with zero attached hydrogens (tertiary/aromatic N) is 1. The first kappa shape index (κ1) is 9.06. The number of carbonyl (C=O) groups excluding carboxylic acids is 1. The molecule has 0 amide bonds. The first-order valence-electron chi connectivity index (χ1n) is 4.67. The predicted octanol–water partition coefficient (Wildman–Crippen LogP) is 1.72. The van der Waals surface area contributed by atoms with E-state index < -0.39 is 0 Å². The van der Waals surface area contributed by atoms with E-state index in [1.165, 1.54) is 0 Å². The van der Waals surface area contributed by atoms with Crippen LogP contribution in [0.25, 0.3) is 0 Å². The van der Waals surface area contributed by atoms with Crippen LogP contribution in [0, 0.1) is 0 Å². The van der Waals surface area contributed by atoms with E-state index in [4.69, 9.17) is 4.74 Å². The summed E-state index contributed by atoms with van der Waals surface area (Å²) in [4.78, 5) is 13.3. The van der Waals surface area contributed by atoms with Crippen LogP contribution in [0.3, 0.4) is 0 Å². The fraction of sp³-hybridized carbons (Fsp3) is 0.364. The Morgan fingerprint density at radius 3 is 3.00 bits per heavy atom. The molecular weight excluding hydrogens is 178 g/mol. The predicted molar refractivity (Wildman–Crippen MR) is 55.2 cm³/mol. The van der Waals surface area contributed by atoms with Gasteiger partial charge in [0.1, 0.15) is 12.4 Å². The van der Waals surface area contributed by atoms with Gasteiger partial charge in [-0.15, -0.1) is 0 Å². The van der Waals surface area contributed by atoms with E-state index in [1.54, 1.807) is 6.92 Å². The highest BCUT2D eigenvalue weighted by Gasteiger charge is 2.15. The van der Waals surface area contributed by atoms with E-state index >= 15 is 0 Å². The second kappa shape index (κ2) is 3.33. The molecule has 0 N–H and O–H groups in total. The zero-order chi connectivity index (χ0) is 10.1. The van der Waals surface area contributed by atoms with Crippen molar-refractivity contribution in [2.45, 2.75) is 6.92 Å². The Balaban J connectivity index is 2.44. The molecule has 14 heavy (non-hydrogen) atoms. The van der Waals surface area contributed by atoms with E-state index in [2.05, 4.69) is 4.90 Å². The number of ether oxygens (including phenoxy) is 1. The van der Waals surface area contributed by atoms with E-state index in [0.29, 0.717) is 12.2 Å². The van der Waals surface area contributed by atoms with Gasteiger partial charge in [0, 0.05) is 12.6 Å². The van der Waals surface area contributed by atoms with E-state index in [0.717, 1.165) is 18.0 Å². The average Bonchev–Trinajstić information content (AvgIpc) is 2.17. The number of fused-ring (bicyclic) bond motifs is 1. The molecular formula is C11H13NO2. The Labute approximate surface area is 83.3 Å². The molecule has 0 saturated heterocycles. The molecule has 0 atom stereocenters. The Morgan fingerprint density at radius 2 is 2.29 bits per heavy atom. The van der Waals surface area contributed by atoms with Crippen LogP contribution in [-0.4, -0.2) is 26.0 Å². The number of rotatable bonds is 1. The highest BCUT2D eigenvalue weighted by molar-refractivity contribution is 5.95. The minimum absolute atomic E-state index is 0.0737. The summed E-state index contributed by atoms with van der Waals surface area (Å²) in [6.07, 6.45) is 0. The van der Waals surface area contributed by atoms with Crippen molar-refractivity contribution >= 4 is 11.5 Å². The zero-order valence-corrected chi connectivity index (χ0v) is 8.41. The highest BCUT2D eigenvalue weighted by Crippen LogP contribution is 2.31. The molecule has 3 heteroatoms. The Bertz CT molecular complexity index is 374. The first-order valence-corrected chi connectivity index (χ1v) is 4.67. The Hall–Kier alpha value is -1.51. The topological polar surface area (TPSA) is 29.5 Å². The fourth-order valence-corrected chi connectivity index (χ4v) is 1.58. The van der Waals surface area contributed by atoms with E-state index in [-0.39, 0.29) is 5.78 Å². The van der Waals surface area contributed by atoms with Crippen molar-refractivity contribution in [3.8, 4) is 5.75 Å². The molecule has 1 aliphatic rings. The molecule has 1 heterocycles. The number of hydrogen-bond acceptors (Lipinski definition) is 3. The molecule has 0 bridgehead atoms. The van der Waals surface area contributed by atoms with Crippen LogP contribution in [0.2, 0.25) is 0 Å². The third kappa shape index (κ3) is 1.45. The largest absolute Gasteiger partial charge is 0.490 e. The van der Waals surface area contributed by atoms with Gasteiger partial charge >= 0.3 is 0 Å². The molecule has 3 nitrogen and oxygen atoms in total. The second-order valence-corrected chi connectivity index (χ2v) is 3.51. The maximum Gasteiger partial charge on any atom is 0.159 e. The van der Waals surface area contributed by atoms with E-state index in [1.807, 2.05) is 25.2 Å². The minimum atomic E-state index is 0.0737. The summed E-state index contributed by atoms with van der Waals surface area (Å²) in [7, 11) is 2.02. The van der Waals surface area contributed by atoms with Crippen LogP contribution >= 0.6 is 0 Å². The van der Waals surface area contributed by atoms with Gasteiger partial charge in [0.05, 0.1) is 12.2 Å². The summed E-state index contributed by atoms with van der Waals surface area (Å²) in [6.45, 7) is 3.14. The van der Waals surface area contributed by atoms with Gasteiger partial charge in [0.15, 0.2) is 5.78 Å². The maximum absolute atomic E-state index is 11.1. The monoisotopic (exact) mass is 191 g/mol. The van der Waals surface area contributed by atoms with Gasteiger partial charge < -0.3 is 9.64 Å². The number of benzene rings is 1. The summed E-state index contributed by atoms with van der Waals surface area (Å²) in [5.41, 5.74) is 1.76. The van der Waals surface area contributed by atoms with Crippen molar-refractivity contribution < 1.29 is 9.53 Å². The lowest BCUT2D eigenvalue weighted by atomic mass is 10.1. The molecule has 0 radical (unpaired) electrons. The molecule has 1 aromatic carbocycles. The summed E-state index contributed by atoms with van der Waals surface area (Å²) in [5, 5.41) is 0. The Kier molecular flexibility index (Phi) is 2.15. The number of Topliss-reactive ketones (excluding diaryl/α,β-unsaturated/α-hetero) is 1. The molecule has 1 aromatic rings. The summed E-state index contributed by atoms with van der Waals surface area (Å²) >= 11 is 0. The molecule has 0 unspecified atom stereocenters. The first-order chi connectivity index (χ1) is 6.68. The van der Waals surface area contributed by atoms with Crippen LogP contribution < -0.4 is 9.64 Å². The van der Waals surface area contributed by atoms with Crippen molar-refractivity contribution in [3.05, 3.63) is 23.8 Å². The van der Waals surface area contributed by atoms with Crippen LogP contribution in [0.4, 0.5) is 5.69 Å². The highest BCUT2D eigenvalue weighted by atomic mass is 16.5. The average molecular weight is 191 g/mol. The number of hydrogen-bond donors (Lipinski definition) is 0. The lowest BCUT2D eigenvalue weighted by molar-refractivity contribution is 0.101. The summed E-state index contributed by atoms with van der Waals surface area (Å²) in [5.74, 6) is 0.885. The third-order valence-corrected chi connectivity index (χ3v) is 2.46. The van der Waals surface area contributed by atoms with Crippen molar-refractivity contribution in [1.29, 1.82) is 0 Å². The maximum atomic E-state index is 11.1. The number of ketones is 1. The number of carbonyl (C=O) groups is 1. The van der Waals surface area contributed by atoms with Gasteiger partial charge in [0.25, 0.3) is 0 Å². The van der Waals surface area contributed by atoms with E-state index in [9.17, 15) is 4.79 Å². The van der Waals surface area contributed by atoms with Gasteiger partial charge in [0.2, 0.25) is 0 Å². The van der Waals surface area contributed by atoms with Crippen molar-refractivity contribution in [1.82, 2.24) is 0 Å². The quantitative estimate of drug-likeness (QED) is 0.633. The van der Waals surface area contributed by atoms with Crippen molar-refractivity contribution in [2.24, 2.45) is 0 Å². The standard InChI is InChI=1S/C11H13NO2/c1-8(13)9-3-4-10-11(7-9)14-6-5-12(10)2/h3-4,7H,5-6H2,1-2H3. The molecule has 0 aromatic heterocycles. The van der Waals surface area contributed by atoms with Gasteiger partial charge in [-0.2, -0.15) is 0 Å². The van der Waals surface area contributed by atoms with Gasteiger partial charge in [-0.1, -0.05) is 0 Å². The summed E-state index contributed by atoms with van der Waals surface area (Å²) < 4.78 is 5.49. The summed E-state index contributed by atoms with van der Waals surface area (Å²) in [6, 6.07) is 5.59. The second-order valence-electron chi connectivity index (χ2n) is 3.51. The number of anilines is 1. The molecule has 0 saturated carbocycles. The van der Waals surface area contributed by atoms with Crippen LogP contribution in [0.15, 0.2) is 18.2 Å². The minimum Gasteiger partial charge on any atom is -0.490 e. The SMILES string of the molecule is CC(=O)c1ccc2c(c1)OCCN2C. The fourth-order valence-electron chi connectivity index (χ4n) is 1.58. The molecule has 2 rings (SSSR count). The van der Waals surface area contributed by atoms with Crippen LogP contribution in [0.1, 0.15) is 17.3 Å². The van der Waals surface area contributed by atoms with Gasteiger partial charge in [-0.25, -0.2) is 0 Å². The lowest BCUT2D eigenvalue weighted by Crippen LogP contribution is -2.28. The Morgan fingerprint density at radius 1 is 1.50 bits per heavy atom. The molecule has 74 valence electrons. The molecule has 0 aliphatic carbocycles.